The van der Waals surface area contributed by atoms with E-state index in [0.717, 1.165) is 6.42 Å². The van der Waals surface area contributed by atoms with Crippen LogP contribution in [-0.4, -0.2) is 39.6 Å². The van der Waals surface area contributed by atoms with E-state index in [4.69, 9.17) is 30.0 Å². The van der Waals surface area contributed by atoms with Gasteiger partial charge in [0, 0.05) is 5.41 Å². The lowest BCUT2D eigenvalue weighted by atomic mass is 9.88. The zero-order valence-corrected chi connectivity index (χ0v) is 12.6. The van der Waals surface area contributed by atoms with Crippen molar-refractivity contribution in [2.45, 2.75) is 32.6 Å². The standard InChI is InChI=1S/C15H23N3O3/c1-2-15(12-19-9-3-6-16,13-20-10-4-7-17)14-21-11-5-8-18/h2-5,9-14H2,1H3. The van der Waals surface area contributed by atoms with Crippen molar-refractivity contribution in [3.05, 3.63) is 0 Å². The van der Waals surface area contributed by atoms with Crippen LogP contribution in [0.3, 0.4) is 0 Å². The molecule has 0 radical (unpaired) electrons. The molecule has 0 aromatic heterocycles. The molecule has 0 amide bonds. The average molecular weight is 293 g/mol. The van der Waals surface area contributed by atoms with Gasteiger partial charge in [-0.3, -0.25) is 0 Å². The van der Waals surface area contributed by atoms with Crippen LogP contribution in [0.5, 0.6) is 0 Å². The molecule has 6 heteroatoms. The van der Waals surface area contributed by atoms with E-state index in [-0.39, 0.29) is 5.41 Å². The summed E-state index contributed by atoms with van der Waals surface area (Å²) in [6.45, 7) is 4.48. The third kappa shape index (κ3) is 9.82. The molecule has 6 nitrogen and oxygen atoms in total. The maximum atomic E-state index is 8.51. The summed E-state index contributed by atoms with van der Waals surface area (Å²) in [5.74, 6) is 0. The predicted octanol–water partition coefficient (Wildman–Crippen LogP) is 2.17. The highest BCUT2D eigenvalue weighted by Gasteiger charge is 2.29. The Morgan fingerprint density at radius 2 is 1.05 bits per heavy atom. The summed E-state index contributed by atoms with van der Waals surface area (Å²) >= 11 is 0. The van der Waals surface area contributed by atoms with Crippen LogP contribution in [0, 0.1) is 39.4 Å². The number of ether oxygens (including phenoxy) is 3. The molecule has 0 rings (SSSR count). The maximum absolute atomic E-state index is 8.51. The van der Waals surface area contributed by atoms with Crippen molar-refractivity contribution in [2.75, 3.05) is 39.6 Å². The van der Waals surface area contributed by atoms with Gasteiger partial charge in [-0.25, -0.2) is 0 Å². The van der Waals surface area contributed by atoms with E-state index in [1.807, 2.05) is 25.1 Å². The molecule has 0 aliphatic heterocycles. The van der Waals surface area contributed by atoms with Crippen LogP contribution in [0.4, 0.5) is 0 Å². The molecule has 0 spiro atoms. The second-order valence-corrected chi connectivity index (χ2v) is 4.74. The van der Waals surface area contributed by atoms with Crippen LogP contribution < -0.4 is 0 Å². The fraction of sp³-hybridized carbons (Fsp3) is 0.800. The predicted molar refractivity (Wildman–Crippen MR) is 75.9 cm³/mol. The largest absolute Gasteiger partial charge is 0.380 e. The van der Waals surface area contributed by atoms with Crippen LogP contribution in [0.25, 0.3) is 0 Å². The van der Waals surface area contributed by atoms with Gasteiger partial charge in [-0.15, -0.1) is 0 Å². The Bertz CT molecular complexity index is 324. The van der Waals surface area contributed by atoms with E-state index < -0.39 is 0 Å². The molecule has 0 saturated heterocycles. The van der Waals surface area contributed by atoms with Crippen molar-refractivity contribution in [1.29, 1.82) is 15.8 Å². The van der Waals surface area contributed by atoms with Crippen molar-refractivity contribution in [2.24, 2.45) is 5.41 Å². The van der Waals surface area contributed by atoms with E-state index in [0.29, 0.717) is 58.9 Å². The molecule has 0 aliphatic rings. The minimum Gasteiger partial charge on any atom is -0.380 e. The molecular formula is C15H23N3O3. The summed E-state index contributed by atoms with van der Waals surface area (Å²) in [7, 11) is 0. The van der Waals surface area contributed by atoms with Crippen molar-refractivity contribution < 1.29 is 14.2 Å². The van der Waals surface area contributed by atoms with E-state index in [1.165, 1.54) is 0 Å². The Morgan fingerprint density at radius 3 is 1.29 bits per heavy atom. The number of hydrogen-bond donors (Lipinski definition) is 0. The van der Waals surface area contributed by atoms with Crippen LogP contribution in [0.2, 0.25) is 0 Å². The van der Waals surface area contributed by atoms with Gasteiger partial charge in [-0.05, 0) is 6.42 Å². The molecule has 0 heterocycles. The summed E-state index contributed by atoms with van der Waals surface area (Å²) in [6.07, 6.45) is 1.85. The number of rotatable bonds is 13. The Hall–Kier alpha value is -1.65. The molecule has 21 heavy (non-hydrogen) atoms. The first-order chi connectivity index (χ1) is 10.2. The molecule has 0 unspecified atom stereocenters. The topological polar surface area (TPSA) is 99.1 Å². The van der Waals surface area contributed by atoms with Gasteiger partial charge in [0.1, 0.15) is 0 Å². The van der Waals surface area contributed by atoms with Crippen LogP contribution in [0.15, 0.2) is 0 Å². The van der Waals surface area contributed by atoms with Crippen molar-refractivity contribution in [3.8, 4) is 18.2 Å². The fourth-order valence-corrected chi connectivity index (χ4v) is 1.65. The number of nitriles is 3. The molecule has 0 saturated carbocycles. The molecule has 116 valence electrons. The van der Waals surface area contributed by atoms with E-state index >= 15 is 0 Å². The molecular weight excluding hydrogens is 270 g/mol. The molecule has 0 aliphatic carbocycles. The Morgan fingerprint density at radius 1 is 0.714 bits per heavy atom. The Labute approximate surface area is 126 Å². The fourth-order valence-electron chi connectivity index (χ4n) is 1.65. The highest BCUT2D eigenvalue weighted by Crippen LogP contribution is 2.24. The molecule has 0 aromatic carbocycles. The monoisotopic (exact) mass is 293 g/mol. The number of nitrogens with zero attached hydrogens (tertiary/aromatic N) is 3. The summed E-state index contributed by atoms with van der Waals surface area (Å²) in [5.41, 5.74) is -0.305. The smallest absolute Gasteiger partial charge is 0.0645 e. The van der Waals surface area contributed by atoms with Gasteiger partial charge in [0.05, 0.1) is 77.1 Å². The first-order valence-corrected chi connectivity index (χ1v) is 7.08. The lowest BCUT2D eigenvalue weighted by molar-refractivity contribution is -0.0693. The molecule has 0 bridgehead atoms. The zero-order chi connectivity index (χ0) is 15.8. The summed E-state index contributed by atoms with van der Waals surface area (Å²) in [4.78, 5) is 0. The van der Waals surface area contributed by atoms with Crippen LogP contribution in [-0.2, 0) is 14.2 Å². The van der Waals surface area contributed by atoms with Gasteiger partial charge in [0.2, 0.25) is 0 Å². The van der Waals surface area contributed by atoms with Crippen LogP contribution >= 0.6 is 0 Å². The summed E-state index contributed by atoms with van der Waals surface area (Å²) < 4.78 is 16.6. The highest BCUT2D eigenvalue weighted by atomic mass is 16.5. The van der Waals surface area contributed by atoms with Gasteiger partial charge in [0.25, 0.3) is 0 Å². The average Bonchev–Trinajstić information content (AvgIpc) is 2.51. The molecule has 0 N–H and O–H groups in total. The van der Waals surface area contributed by atoms with Crippen molar-refractivity contribution >= 4 is 0 Å². The first kappa shape index (κ1) is 19.4. The van der Waals surface area contributed by atoms with Gasteiger partial charge in [0.15, 0.2) is 0 Å². The van der Waals surface area contributed by atoms with Crippen molar-refractivity contribution in [1.82, 2.24) is 0 Å². The Balaban J connectivity index is 4.34. The third-order valence-electron chi connectivity index (χ3n) is 3.05. The lowest BCUT2D eigenvalue weighted by Crippen LogP contribution is -2.37. The second-order valence-electron chi connectivity index (χ2n) is 4.74. The van der Waals surface area contributed by atoms with Gasteiger partial charge in [-0.2, -0.15) is 15.8 Å². The molecule has 0 fully saturated rings. The second kappa shape index (κ2) is 13.3. The number of hydrogen-bond acceptors (Lipinski definition) is 6. The zero-order valence-electron chi connectivity index (χ0n) is 12.6. The molecule has 0 atom stereocenters. The minimum atomic E-state index is -0.305. The van der Waals surface area contributed by atoms with Crippen LogP contribution in [0.1, 0.15) is 32.6 Å². The highest BCUT2D eigenvalue weighted by molar-refractivity contribution is 4.79. The third-order valence-corrected chi connectivity index (χ3v) is 3.05. The maximum Gasteiger partial charge on any atom is 0.0645 e. The molecule has 0 aromatic rings. The van der Waals surface area contributed by atoms with E-state index in [9.17, 15) is 0 Å². The van der Waals surface area contributed by atoms with Gasteiger partial charge < -0.3 is 14.2 Å². The van der Waals surface area contributed by atoms with E-state index in [2.05, 4.69) is 0 Å². The van der Waals surface area contributed by atoms with Gasteiger partial charge >= 0.3 is 0 Å². The Kier molecular flexibility index (Phi) is 12.3. The SMILES string of the molecule is CCC(COCCC#N)(COCCC#N)COCCC#N. The van der Waals surface area contributed by atoms with E-state index in [1.54, 1.807) is 0 Å². The van der Waals surface area contributed by atoms with Crippen molar-refractivity contribution in [3.63, 3.8) is 0 Å². The summed E-state index contributed by atoms with van der Waals surface area (Å²) in [6, 6.07) is 6.10. The summed E-state index contributed by atoms with van der Waals surface area (Å²) in [5, 5.41) is 25.5. The van der Waals surface area contributed by atoms with Gasteiger partial charge in [-0.1, -0.05) is 6.92 Å². The first-order valence-electron chi connectivity index (χ1n) is 7.08. The minimum absolute atomic E-state index is 0.305. The quantitative estimate of drug-likeness (QED) is 0.482. The lowest BCUT2D eigenvalue weighted by Gasteiger charge is -2.32. The normalized spacial score (nSPS) is 10.6.